The Morgan fingerprint density at radius 2 is 1.94 bits per heavy atom. The Bertz CT molecular complexity index is 537. The molecule has 1 aromatic heterocycles. The van der Waals surface area contributed by atoms with Gasteiger partial charge in [-0.3, -0.25) is 0 Å². The fourth-order valence-corrected chi connectivity index (χ4v) is 2.19. The number of hydrogen-bond donors (Lipinski definition) is 1. The van der Waals surface area contributed by atoms with Gasteiger partial charge in [-0.05, 0) is 31.0 Å². The summed E-state index contributed by atoms with van der Waals surface area (Å²) in [6.45, 7) is 4.93. The Labute approximate surface area is 107 Å². The standard InChI is InChI=1S/C14H18N4/c1-11-9-14(17-7-2-8-17)16-18(11)13-5-3-12(10-15)4-6-13/h3-6,9H,2,7-8,10,15H2,1H3. The Morgan fingerprint density at radius 1 is 1.22 bits per heavy atom. The minimum Gasteiger partial charge on any atom is -0.355 e. The van der Waals surface area contributed by atoms with Crippen molar-refractivity contribution in [1.82, 2.24) is 9.78 Å². The highest BCUT2D eigenvalue weighted by molar-refractivity contribution is 5.45. The summed E-state index contributed by atoms with van der Waals surface area (Å²) in [4.78, 5) is 2.30. The van der Waals surface area contributed by atoms with E-state index in [1.807, 2.05) is 4.68 Å². The van der Waals surface area contributed by atoms with Crippen molar-refractivity contribution in [3.05, 3.63) is 41.6 Å². The monoisotopic (exact) mass is 242 g/mol. The highest BCUT2D eigenvalue weighted by atomic mass is 15.4. The van der Waals surface area contributed by atoms with Crippen LogP contribution in [0.2, 0.25) is 0 Å². The summed E-state index contributed by atoms with van der Waals surface area (Å²) in [5.41, 5.74) is 9.01. The Kier molecular flexibility index (Phi) is 2.80. The second-order valence-corrected chi connectivity index (χ2v) is 4.77. The van der Waals surface area contributed by atoms with Crippen LogP contribution < -0.4 is 10.6 Å². The first-order chi connectivity index (χ1) is 8.78. The second-order valence-electron chi connectivity index (χ2n) is 4.77. The molecule has 0 radical (unpaired) electrons. The molecule has 94 valence electrons. The summed E-state index contributed by atoms with van der Waals surface area (Å²) in [6.07, 6.45) is 1.27. The van der Waals surface area contributed by atoms with Gasteiger partial charge in [0, 0.05) is 31.4 Å². The maximum absolute atomic E-state index is 5.61. The van der Waals surface area contributed by atoms with Crippen LogP contribution in [0, 0.1) is 6.92 Å². The topological polar surface area (TPSA) is 47.1 Å². The molecule has 2 heterocycles. The van der Waals surface area contributed by atoms with E-state index in [1.165, 1.54) is 6.42 Å². The molecule has 2 aromatic rings. The van der Waals surface area contributed by atoms with Gasteiger partial charge in [-0.25, -0.2) is 4.68 Å². The number of nitrogens with zero attached hydrogens (tertiary/aromatic N) is 3. The Morgan fingerprint density at radius 3 is 2.50 bits per heavy atom. The average molecular weight is 242 g/mol. The van der Waals surface area contributed by atoms with Crippen molar-refractivity contribution in [3.63, 3.8) is 0 Å². The van der Waals surface area contributed by atoms with Crippen molar-refractivity contribution < 1.29 is 0 Å². The molecule has 4 nitrogen and oxygen atoms in total. The van der Waals surface area contributed by atoms with Gasteiger partial charge >= 0.3 is 0 Å². The van der Waals surface area contributed by atoms with Crippen LogP contribution in [0.1, 0.15) is 17.7 Å². The summed E-state index contributed by atoms with van der Waals surface area (Å²) in [6, 6.07) is 10.4. The molecular formula is C14H18N4. The Hall–Kier alpha value is -1.81. The third-order valence-electron chi connectivity index (χ3n) is 3.47. The molecule has 0 bridgehead atoms. The summed E-state index contributed by atoms with van der Waals surface area (Å²) >= 11 is 0. The van der Waals surface area contributed by atoms with E-state index < -0.39 is 0 Å². The van der Waals surface area contributed by atoms with Crippen molar-refractivity contribution in [1.29, 1.82) is 0 Å². The molecule has 1 aliphatic heterocycles. The molecule has 0 spiro atoms. The molecule has 18 heavy (non-hydrogen) atoms. The summed E-state index contributed by atoms with van der Waals surface area (Å²) < 4.78 is 1.99. The number of aryl methyl sites for hydroxylation is 1. The number of nitrogens with two attached hydrogens (primary N) is 1. The molecule has 0 unspecified atom stereocenters. The van der Waals surface area contributed by atoms with Crippen molar-refractivity contribution in [2.24, 2.45) is 5.73 Å². The zero-order valence-corrected chi connectivity index (χ0v) is 10.6. The molecule has 1 saturated heterocycles. The highest BCUT2D eigenvalue weighted by Crippen LogP contribution is 2.22. The zero-order chi connectivity index (χ0) is 12.5. The lowest BCUT2D eigenvalue weighted by atomic mass is 10.2. The average Bonchev–Trinajstić information content (AvgIpc) is 2.69. The maximum Gasteiger partial charge on any atom is 0.151 e. The van der Waals surface area contributed by atoms with Crippen molar-refractivity contribution in [2.75, 3.05) is 18.0 Å². The van der Waals surface area contributed by atoms with Gasteiger partial charge in [-0.15, -0.1) is 0 Å². The van der Waals surface area contributed by atoms with Crippen LogP contribution in [-0.2, 0) is 6.54 Å². The lowest BCUT2D eigenvalue weighted by molar-refractivity contribution is 0.605. The zero-order valence-electron chi connectivity index (χ0n) is 10.6. The summed E-state index contributed by atoms with van der Waals surface area (Å²) in [5, 5.41) is 4.67. The van der Waals surface area contributed by atoms with Gasteiger partial charge in [-0.2, -0.15) is 5.10 Å². The molecule has 0 aliphatic carbocycles. The SMILES string of the molecule is Cc1cc(N2CCC2)nn1-c1ccc(CN)cc1. The van der Waals surface area contributed by atoms with E-state index in [1.54, 1.807) is 0 Å². The van der Waals surface area contributed by atoms with E-state index in [2.05, 4.69) is 47.3 Å². The molecule has 1 aromatic carbocycles. The van der Waals surface area contributed by atoms with E-state index >= 15 is 0 Å². The molecule has 0 amide bonds. The number of anilines is 1. The van der Waals surface area contributed by atoms with Crippen LogP contribution in [0.5, 0.6) is 0 Å². The first kappa shape index (κ1) is 11.3. The van der Waals surface area contributed by atoms with Crippen LogP contribution in [0.15, 0.2) is 30.3 Å². The molecule has 2 N–H and O–H groups in total. The number of rotatable bonds is 3. The largest absolute Gasteiger partial charge is 0.355 e. The number of hydrogen-bond acceptors (Lipinski definition) is 3. The van der Waals surface area contributed by atoms with E-state index in [0.717, 1.165) is 35.9 Å². The van der Waals surface area contributed by atoms with Crippen molar-refractivity contribution in [3.8, 4) is 5.69 Å². The molecule has 3 rings (SSSR count). The van der Waals surface area contributed by atoms with E-state index in [0.29, 0.717) is 6.54 Å². The van der Waals surface area contributed by atoms with E-state index in [-0.39, 0.29) is 0 Å². The third kappa shape index (κ3) is 1.88. The maximum atomic E-state index is 5.61. The molecule has 1 aliphatic rings. The number of benzene rings is 1. The highest BCUT2D eigenvalue weighted by Gasteiger charge is 2.18. The van der Waals surface area contributed by atoms with Gasteiger partial charge < -0.3 is 10.6 Å². The smallest absolute Gasteiger partial charge is 0.151 e. The van der Waals surface area contributed by atoms with Crippen molar-refractivity contribution in [2.45, 2.75) is 19.9 Å². The first-order valence-corrected chi connectivity index (χ1v) is 6.39. The first-order valence-electron chi connectivity index (χ1n) is 6.39. The fraction of sp³-hybridized carbons (Fsp3) is 0.357. The molecule has 1 fully saturated rings. The molecule has 4 heteroatoms. The fourth-order valence-electron chi connectivity index (χ4n) is 2.19. The molecular weight excluding hydrogens is 224 g/mol. The van der Waals surface area contributed by atoms with Gasteiger partial charge in [0.1, 0.15) is 0 Å². The molecule has 0 atom stereocenters. The predicted molar refractivity (Wildman–Crippen MR) is 73.0 cm³/mol. The molecule has 0 saturated carbocycles. The van der Waals surface area contributed by atoms with Gasteiger partial charge in [0.05, 0.1) is 5.69 Å². The summed E-state index contributed by atoms with van der Waals surface area (Å²) in [7, 11) is 0. The van der Waals surface area contributed by atoms with E-state index in [4.69, 9.17) is 5.73 Å². The minimum absolute atomic E-state index is 0.581. The van der Waals surface area contributed by atoms with Gasteiger partial charge in [0.2, 0.25) is 0 Å². The normalized spacial score (nSPS) is 14.7. The van der Waals surface area contributed by atoms with Crippen LogP contribution in [0.4, 0.5) is 5.82 Å². The Balaban J connectivity index is 1.92. The predicted octanol–water partition coefficient (Wildman–Crippen LogP) is 1.85. The van der Waals surface area contributed by atoms with Gasteiger partial charge in [0.25, 0.3) is 0 Å². The lowest BCUT2D eigenvalue weighted by Gasteiger charge is -2.30. The van der Waals surface area contributed by atoms with Gasteiger partial charge in [0.15, 0.2) is 5.82 Å². The minimum atomic E-state index is 0.581. The summed E-state index contributed by atoms with van der Waals surface area (Å²) in [5.74, 6) is 1.08. The van der Waals surface area contributed by atoms with Gasteiger partial charge in [-0.1, -0.05) is 12.1 Å². The van der Waals surface area contributed by atoms with Crippen LogP contribution in [-0.4, -0.2) is 22.9 Å². The quantitative estimate of drug-likeness (QED) is 0.893. The van der Waals surface area contributed by atoms with Crippen LogP contribution >= 0.6 is 0 Å². The van der Waals surface area contributed by atoms with Crippen molar-refractivity contribution >= 4 is 5.82 Å². The lowest BCUT2D eigenvalue weighted by Crippen LogP contribution is -2.37. The van der Waals surface area contributed by atoms with Crippen LogP contribution in [0.25, 0.3) is 5.69 Å². The third-order valence-corrected chi connectivity index (χ3v) is 3.47. The van der Waals surface area contributed by atoms with E-state index in [9.17, 15) is 0 Å². The second kappa shape index (κ2) is 4.46. The number of aromatic nitrogens is 2. The van der Waals surface area contributed by atoms with Crippen LogP contribution in [0.3, 0.4) is 0 Å².